The molecule has 0 saturated carbocycles. The van der Waals surface area contributed by atoms with Crippen molar-refractivity contribution in [3.63, 3.8) is 0 Å². The third-order valence-electron chi connectivity index (χ3n) is 5.00. The Labute approximate surface area is 173 Å². The van der Waals surface area contributed by atoms with Crippen LogP contribution in [0.3, 0.4) is 0 Å². The summed E-state index contributed by atoms with van der Waals surface area (Å²) in [4.78, 5) is 25.4. The molecule has 2 aromatic carbocycles. The zero-order chi connectivity index (χ0) is 21.1. The number of nitrogens with one attached hydrogen (secondary N) is 1. The molecule has 156 valence electrons. The number of rotatable bonds is 4. The Morgan fingerprint density at radius 3 is 2.50 bits per heavy atom. The fourth-order valence-electron chi connectivity index (χ4n) is 3.39. The molecule has 0 atom stereocenters. The maximum Gasteiger partial charge on any atom is 0.323 e. The standard InChI is InChI=1S/C21H22FN5O3/c1-29-16-6-7-17-18(13-16)24-20(30-2)19(23-17)25-21(28)27-10-8-26(9-11-27)15-5-3-4-14(22)12-15/h3-7,12-13H,8-11H2,1-2H3,(H,23,25,28). The molecule has 3 aromatic rings. The normalized spacial score (nSPS) is 14.0. The number of piperazine rings is 1. The summed E-state index contributed by atoms with van der Waals surface area (Å²) in [7, 11) is 3.05. The molecule has 1 aliphatic rings. The van der Waals surface area contributed by atoms with Gasteiger partial charge in [0.1, 0.15) is 11.6 Å². The maximum atomic E-state index is 13.5. The van der Waals surface area contributed by atoms with Crippen molar-refractivity contribution in [1.29, 1.82) is 0 Å². The Hall–Kier alpha value is -3.62. The van der Waals surface area contributed by atoms with Gasteiger partial charge in [-0.05, 0) is 30.3 Å². The van der Waals surface area contributed by atoms with Crippen LogP contribution in [0.15, 0.2) is 42.5 Å². The highest BCUT2D eigenvalue weighted by molar-refractivity contribution is 5.91. The second-order valence-corrected chi connectivity index (χ2v) is 6.82. The van der Waals surface area contributed by atoms with Gasteiger partial charge < -0.3 is 19.3 Å². The molecule has 0 spiro atoms. The number of aromatic nitrogens is 2. The summed E-state index contributed by atoms with van der Waals surface area (Å²) < 4.78 is 24.0. The monoisotopic (exact) mass is 411 g/mol. The highest BCUT2D eigenvalue weighted by atomic mass is 19.1. The number of ether oxygens (including phenoxy) is 2. The molecular weight excluding hydrogens is 389 g/mol. The molecule has 2 amide bonds. The van der Waals surface area contributed by atoms with Gasteiger partial charge in [-0.1, -0.05) is 6.07 Å². The van der Waals surface area contributed by atoms with E-state index in [1.54, 1.807) is 36.3 Å². The predicted molar refractivity (Wildman–Crippen MR) is 112 cm³/mol. The number of urea groups is 1. The van der Waals surface area contributed by atoms with Gasteiger partial charge in [-0.2, -0.15) is 0 Å². The van der Waals surface area contributed by atoms with Gasteiger partial charge in [0.25, 0.3) is 5.88 Å². The number of benzene rings is 2. The topological polar surface area (TPSA) is 79.8 Å². The van der Waals surface area contributed by atoms with Crippen molar-refractivity contribution in [2.45, 2.75) is 0 Å². The predicted octanol–water partition coefficient (Wildman–Crippen LogP) is 3.14. The van der Waals surface area contributed by atoms with E-state index < -0.39 is 0 Å². The first-order valence-corrected chi connectivity index (χ1v) is 9.53. The van der Waals surface area contributed by atoms with Crippen molar-refractivity contribution in [2.24, 2.45) is 0 Å². The number of anilines is 2. The Morgan fingerprint density at radius 2 is 1.80 bits per heavy atom. The molecule has 0 bridgehead atoms. The fraction of sp³-hybridized carbons (Fsp3) is 0.286. The smallest absolute Gasteiger partial charge is 0.323 e. The summed E-state index contributed by atoms with van der Waals surface area (Å²) in [6.07, 6.45) is 0. The van der Waals surface area contributed by atoms with Gasteiger partial charge in [0, 0.05) is 37.9 Å². The van der Waals surface area contributed by atoms with Crippen molar-refractivity contribution in [2.75, 3.05) is 50.6 Å². The van der Waals surface area contributed by atoms with Gasteiger partial charge in [0.05, 0.1) is 25.3 Å². The van der Waals surface area contributed by atoms with E-state index in [1.165, 1.54) is 19.2 Å². The number of carbonyl (C=O) groups excluding carboxylic acids is 1. The lowest BCUT2D eigenvalue weighted by Gasteiger charge is -2.36. The van der Waals surface area contributed by atoms with Crippen molar-refractivity contribution in [3.8, 4) is 11.6 Å². The van der Waals surface area contributed by atoms with Crippen LogP contribution in [0.1, 0.15) is 0 Å². The first-order chi connectivity index (χ1) is 14.6. The highest BCUT2D eigenvalue weighted by Gasteiger charge is 2.23. The molecule has 0 unspecified atom stereocenters. The van der Waals surface area contributed by atoms with Crippen molar-refractivity contribution >= 4 is 28.6 Å². The summed E-state index contributed by atoms with van der Waals surface area (Å²) in [6, 6.07) is 11.5. The summed E-state index contributed by atoms with van der Waals surface area (Å²) in [5.74, 6) is 0.870. The van der Waals surface area contributed by atoms with Crippen LogP contribution < -0.4 is 19.7 Å². The molecule has 30 heavy (non-hydrogen) atoms. The number of fused-ring (bicyclic) bond motifs is 1. The third-order valence-corrected chi connectivity index (χ3v) is 5.00. The number of methoxy groups -OCH3 is 2. The zero-order valence-electron chi connectivity index (χ0n) is 16.8. The van der Waals surface area contributed by atoms with E-state index in [0.717, 1.165) is 5.69 Å². The number of nitrogens with zero attached hydrogens (tertiary/aromatic N) is 4. The van der Waals surface area contributed by atoms with Crippen LogP contribution in [0.5, 0.6) is 11.6 Å². The quantitative estimate of drug-likeness (QED) is 0.711. The van der Waals surface area contributed by atoms with E-state index >= 15 is 0 Å². The molecule has 9 heteroatoms. The summed E-state index contributed by atoms with van der Waals surface area (Å²) in [5.41, 5.74) is 2.03. The van der Waals surface area contributed by atoms with Gasteiger partial charge in [-0.3, -0.25) is 5.32 Å². The van der Waals surface area contributed by atoms with Crippen molar-refractivity contribution in [1.82, 2.24) is 14.9 Å². The van der Waals surface area contributed by atoms with Crippen LogP contribution in [0.25, 0.3) is 11.0 Å². The number of hydrogen-bond acceptors (Lipinski definition) is 6. The minimum absolute atomic E-state index is 0.225. The average Bonchev–Trinajstić information content (AvgIpc) is 2.78. The molecule has 1 saturated heterocycles. The van der Waals surface area contributed by atoms with Crippen LogP contribution in [0, 0.1) is 5.82 Å². The average molecular weight is 411 g/mol. The summed E-state index contributed by atoms with van der Waals surface area (Å²) in [6.45, 7) is 2.22. The van der Waals surface area contributed by atoms with Crippen LogP contribution in [0.4, 0.5) is 20.7 Å². The highest BCUT2D eigenvalue weighted by Crippen LogP contribution is 2.26. The van der Waals surface area contributed by atoms with Crippen LogP contribution in [-0.2, 0) is 0 Å². The van der Waals surface area contributed by atoms with E-state index in [1.807, 2.05) is 6.07 Å². The molecule has 1 aromatic heterocycles. The zero-order valence-corrected chi connectivity index (χ0v) is 16.8. The Bertz CT molecular complexity index is 1070. The second-order valence-electron chi connectivity index (χ2n) is 6.82. The van der Waals surface area contributed by atoms with E-state index in [2.05, 4.69) is 20.2 Å². The van der Waals surface area contributed by atoms with Gasteiger partial charge >= 0.3 is 6.03 Å². The van der Waals surface area contributed by atoms with E-state index in [9.17, 15) is 9.18 Å². The Morgan fingerprint density at radius 1 is 1.00 bits per heavy atom. The first-order valence-electron chi connectivity index (χ1n) is 9.53. The van der Waals surface area contributed by atoms with Gasteiger partial charge in [0.2, 0.25) is 0 Å². The van der Waals surface area contributed by atoms with Gasteiger partial charge in [0.15, 0.2) is 5.82 Å². The molecule has 0 aliphatic carbocycles. The third kappa shape index (κ3) is 4.05. The van der Waals surface area contributed by atoms with Crippen molar-refractivity contribution in [3.05, 3.63) is 48.3 Å². The molecule has 4 rings (SSSR count). The van der Waals surface area contributed by atoms with Gasteiger partial charge in [-0.15, -0.1) is 0 Å². The van der Waals surface area contributed by atoms with Crippen molar-refractivity contribution < 1.29 is 18.7 Å². The maximum absolute atomic E-state index is 13.5. The Balaban J connectivity index is 1.45. The van der Waals surface area contributed by atoms with Crippen LogP contribution >= 0.6 is 0 Å². The largest absolute Gasteiger partial charge is 0.497 e. The number of carbonyl (C=O) groups is 1. The van der Waals surface area contributed by atoms with E-state index in [4.69, 9.17) is 9.47 Å². The van der Waals surface area contributed by atoms with Crippen LogP contribution in [-0.4, -0.2) is 61.3 Å². The number of amides is 2. The second kappa shape index (κ2) is 8.40. The molecular formula is C21H22FN5O3. The lowest BCUT2D eigenvalue weighted by atomic mass is 10.2. The minimum atomic E-state index is -0.283. The summed E-state index contributed by atoms with van der Waals surface area (Å²) >= 11 is 0. The fourth-order valence-corrected chi connectivity index (χ4v) is 3.39. The molecule has 1 fully saturated rings. The summed E-state index contributed by atoms with van der Waals surface area (Å²) in [5, 5.41) is 2.79. The number of hydrogen-bond donors (Lipinski definition) is 1. The molecule has 8 nitrogen and oxygen atoms in total. The molecule has 1 N–H and O–H groups in total. The van der Waals surface area contributed by atoms with Crippen LogP contribution in [0.2, 0.25) is 0 Å². The van der Waals surface area contributed by atoms with E-state index in [0.29, 0.717) is 43.0 Å². The lowest BCUT2D eigenvalue weighted by molar-refractivity contribution is 0.208. The minimum Gasteiger partial charge on any atom is -0.497 e. The van der Waals surface area contributed by atoms with E-state index in [-0.39, 0.29) is 23.5 Å². The van der Waals surface area contributed by atoms with Gasteiger partial charge in [-0.25, -0.2) is 19.2 Å². The number of halogens is 1. The SMILES string of the molecule is COc1ccc2nc(NC(=O)N3CCN(c4cccc(F)c4)CC3)c(OC)nc2c1. The Kier molecular flexibility index (Phi) is 5.51. The molecule has 2 heterocycles. The first kappa shape index (κ1) is 19.7. The molecule has 1 aliphatic heterocycles. The molecule has 0 radical (unpaired) electrons. The lowest BCUT2D eigenvalue weighted by Crippen LogP contribution is -2.50.